The predicted octanol–water partition coefficient (Wildman–Crippen LogP) is 0.355. The van der Waals surface area contributed by atoms with Gasteiger partial charge in [-0.15, -0.1) is 11.6 Å². The number of nitrogens with one attached hydrogen (secondary N) is 1. The number of rotatable bonds is 7. The van der Waals surface area contributed by atoms with E-state index in [9.17, 15) is 4.79 Å². The van der Waals surface area contributed by atoms with Gasteiger partial charge in [0.25, 0.3) is 0 Å². The van der Waals surface area contributed by atoms with Gasteiger partial charge < -0.3 is 10.8 Å². The third kappa shape index (κ3) is 5.35. The van der Waals surface area contributed by atoms with E-state index in [-0.39, 0.29) is 6.00 Å². The van der Waals surface area contributed by atoms with Gasteiger partial charge in [-0.2, -0.15) is 0 Å². The van der Waals surface area contributed by atoms with Crippen LogP contribution in [0.4, 0.5) is 0 Å². The lowest BCUT2D eigenvalue weighted by Crippen LogP contribution is -2.35. The molecule has 0 bridgehead atoms. The monoisotopic (exact) mass is 194 g/mol. The molecule has 0 amide bonds. The fourth-order valence-corrected chi connectivity index (χ4v) is 1.09. The molecule has 72 valence electrons. The van der Waals surface area contributed by atoms with Crippen molar-refractivity contribution in [3.05, 3.63) is 0 Å². The molecule has 0 radical (unpaired) electrons. The smallest absolute Gasteiger partial charge is 0.320 e. The highest BCUT2D eigenvalue weighted by atomic mass is 35.5. The van der Waals surface area contributed by atoms with Crippen LogP contribution in [0.5, 0.6) is 0 Å². The zero-order chi connectivity index (χ0) is 9.40. The number of halogens is 1. The number of aliphatic carboxylic acids is 1. The molecule has 4 N–H and O–H groups in total. The van der Waals surface area contributed by atoms with Crippen molar-refractivity contribution in [1.82, 2.24) is 5.32 Å². The van der Waals surface area contributed by atoms with Gasteiger partial charge in [-0.3, -0.25) is 10.1 Å². The van der Waals surface area contributed by atoms with Gasteiger partial charge in [0.1, 0.15) is 6.04 Å². The number of hydrogen-bond donors (Lipinski definition) is 3. The molecule has 0 saturated carbocycles. The Bertz CT molecular complexity index is 133. The Morgan fingerprint density at radius 3 is 2.67 bits per heavy atom. The normalized spacial score (nSPS) is 12.8. The summed E-state index contributed by atoms with van der Waals surface area (Å²) in [5, 5.41) is 11.3. The first-order valence-electron chi connectivity index (χ1n) is 3.94. The zero-order valence-corrected chi connectivity index (χ0v) is 7.68. The number of nitrogens with two attached hydrogens (primary N) is 1. The topological polar surface area (TPSA) is 75.3 Å². The third-order valence-electron chi connectivity index (χ3n) is 1.57. The first-order valence-corrected chi connectivity index (χ1v) is 4.48. The Labute approximate surface area is 77.1 Å². The molecule has 0 aliphatic rings. The molecule has 0 aliphatic heterocycles. The Hall–Kier alpha value is -0.320. The van der Waals surface area contributed by atoms with Crippen molar-refractivity contribution in [3.63, 3.8) is 0 Å². The summed E-state index contributed by atoms with van der Waals surface area (Å²) < 4.78 is 0. The molecule has 12 heavy (non-hydrogen) atoms. The molecule has 0 heterocycles. The fraction of sp³-hybridized carbons (Fsp3) is 0.857. The average Bonchev–Trinajstić information content (AvgIpc) is 2.03. The maximum atomic E-state index is 10.5. The third-order valence-corrected chi connectivity index (χ3v) is 1.72. The standard InChI is InChI=1S/C7H15ClN2O2/c8-5-10-6(7(11)12)3-1-2-4-9/h6,10H,1-5,9H2,(H,11,12). The van der Waals surface area contributed by atoms with Crippen molar-refractivity contribution < 1.29 is 9.90 Å². The maximum Gasteiger partial charge on any atom is 0.320 e. The van der Waals surface area contributed by atoms with Crippen molar-refractivity contribution in [1.29, 1.82) is 0 Å². The van der Waals surface area contributed by atoms with Crippen LogP contribution in [0.15, 0.2) is 0 Å². The Morgan fingerprint density at radius 1 is 1.58 bits per heavy atom. The summed E-state index contributed by atoms with van der Waals surface area (Å²) in [6.07, 6.45) is 2.25. The molecule has 0 aliphatic carbocycles. The van der Waals surface area contributed by atoms with Gasteiger partial charge >= 0.3 is 5.97 Å². The van der Waals surface area contributed by atoms with E-state index in [1.165, 1.54) is 0 Å². The highest BCUT2D eigenvalue weighted by molar-refractivity contribution is 6.17. The largest absolute Gasteiger partial charge is 0.480 e. The highest BCUT2D eigenvalue weighted by Crippen LogP contribution is 2.00. The van der Waals surface area contributed by atoms with Crippen LogP contribution in [0.1, 0.15) is 19.3 Å². The molecule has 0 aromatic carbocycles. The summed E-state index contributed by atoms with van der Waals surface area (Å²) in [6.45, 7) is 0.604. The zero-order valence-electron chi connectivity index (χ0n) is 6.92. The van der Waals surface area contributed by atoms with Crippen LogP contribution < -0.4 is 11.1 Å². The maximum absolute atomic E-state index is 10.5. The summed E-state index contributed by atoms with van der Waals surface area (Å²) in [7, 11) is 0. The minimum Gasteiger partial charge on any atom is -0.480 e. The van der Waals surface area contributed by atoms with E-state index < -0.39 is 12.0 Å². The molecule has 1 atom stereocenters. The summed E-state index contributed by atoms with van der Waals surface area (Å²) >= 11 is 5.35. The molecule has 0 spiro atoms. The second-order valence-corrected chi connectivity index (χ2v) is 2.78. The number of unbranched alkanes of at least 4 members (excludes halogenated alkanes) is 1. The first-order chi connectivity index (χ1) is 5.72. The Morgan fingerprint density at radius 2 is 2.25 bits per heavy atom. The minimum absolute atomic E-state index is 0.166. The van der Waals surface area contributed by atoms with Gasteiger partial charge in [-0.1, -0.05) is 6.42 Å². The Balaban J connectivity index is 3.56. The van der Waals surface area contributed by atoms with Crippen LogP contribution in [0, 0.1) is 0 Å². The fourth-order valence-electron chi connectivity index (χ4n) is 0.899. The van der Waals surface area contributed by atoms with E-state index in [0.29, 0.717) is 13.0 Å². The number of hydrogen-bond acceptors (Lipinski definition) is 3. The second-order valence-electron chi connectivity index (χ2n) is 2.51. The quantitative estimate of drug-likeness (QED) is 0.311. The lowest BCUT2D eigenvalue weighted by atomic mass is 10.1. The number of carboxylic acids is 1. The van der Waals surface area contributed by atoms with Crippen molar-refractivity contribution in [3.8, 4) is 0 Å². The average molecular weight is 195 g/mol. The van der Waals surface area contributed by atoms with Gasteiger partial charge in [-0.25, -0.2) is 0 Å². The van der Waals surface area contributed by atoms with Gasteiger partial charge in [0.05, 0.1) is 6.00 Å². The molecule has 1 unspecified atom stereocenters. The molecule has 0 saturated heterocycles. The molecule has 0 aromatic heterocycles. The lowest BCUT2D eigenvalue weighted by Gasteiger charge is -2.11. The van der Waals surface area contributed by atoms with Gasteiger partial charge in [0.15, 0.2) is 0 Å². The van der Waals surface area contributed by atoms with Crippen molar-refractivity contribution in [2.24, 2.45) is 5.73 Å². The van der Waals surface area contributed by atoms with Crippen LogP contribution in [0.3, 0.4) is 0 Å². The molecule has 5 heteroatoms. The van der Waals surface area contributed by atoms with Gasteiger partial charge in [-0.05, 0) is 19.4 Å². The summed E-state index contributed by atoms with van der Waals surface area (Å²) in [4.78, 5) is 10.5. The summed E-state index contributed by atoms with van der Waals surface area (Å²) in [6, 6.07) is -0.367. The van der Waals surface area contributed by atoms with E-state index in [0.717, 1.165) is 12.8 Å². The summed E-state index contributed by atoms with van der Waals surface area (Å²) in [5.41, 5.74) is 5.27. The van der Waals surface area contributed by atoms with E-state index in [1.807, 2.05) is 0 Å². The number of carboxylic acid groups (broad SMARTS) is 1. The molecule has 0 aromatic rings. The van der Waals surface area contributed by atoms with Crippen LogP contribution >= 0.6 is 11.6 Å². The number of alkyl halides is 1. The van der Waals surface area contributed by atoms with Crippen LogP contribution in [-0.4, -0.2) is 29.7 Å². The highest BCUT2D eigenvalue weighted by Gasteiger charge is 2.14. The Kier molecular flexibility index (Phi) is 7.14. The van der Waals surface area contributed by atoms with E-state index in [1.54, 1.807) is 0 Å². The second kappa shape index (κ2) is 7.34. The number of carbonyl (C=O) groups is 1. The minimum atomic E-state index is -0.854. The molecular weight excluding hydrogens is 180 g/mol. The molecular formula is C7H15ClN2O2. The van der Waals surface area contributed by atoms with Crippen molar-refractivity contribution in [2.75, 3.05) is 12.5 Å². The van der Waals surface area contributed by atoms with Crippen LogP contribution in [0.2, 0.25) is 0 Å². The SMILES string of the molecule is NCCCCC(NCCl)C(=O)O. The van der Waals surface area contributed by atoms with E-state index in [2.05, 4.69) is 5.32 Å². The first kappa shape index (κ1) is 11.7. The van der Waals surface area contributed by atoms with Gasteiger partial charge in [0.2, 0.25) is 0 Å². The molecule has 4 nitrogen and oxygen atoms in total. The van der Waals surface area contributed by atoms with Crippen molar-refractivity contribution >= 4 is 17.6 Å². The van der Waals surface area contributed by atoms with E-state index in [4.69, 9.17) is 22.4 Å². The molecule has 0 fully saturated rings. The van der Waals surface area contributed by atoms with Crippen LogP contribution in [-0.2, 0) is 4.79 Å². The van der Waals surface area contributed by atoms with Crippen molar-refractivity contribution in [2.45, 2.75) is 25.3 Å². The van der Waals surface area contributed by atoms with Gasteiger partial charge in [0, 0.05) is 0 Å². The summed E-state index contributed by atoms with van der Waals surface area (Å²) in [5.74, 6) is -0.854. The van der Waals surface area contributed by atoms with E-state index >= 15 is 0 Å². The van der Waals surface area contributed by atoms with Crippen LogP contribution in [0.25, 0.3) is 0 Å². The predicted molar refractivity (Wildman–Crippen MR) is 48.2 cm³/mol. The lowest BCUT2D eigenvalue weighted by molar-refractivity contribution is -0.139. The molecule has 0 rings (SSSR count).